The van der Waals surface area contributed by atoms with E-state index in [4.69, 9.17) is 24.2 Å². The van der Waals surface area contributed by atoms with Crippen LogP contribution in [0, 0.1) is 29.5 Å². The number of hydrogen-bond acceptors (Lipinski definition) is 9. The molecule has 2 fully saturated rings. The van der Waals surface area contributed by atoms with Crippen LogP contribution in [-0.2, 0) is 20.9 Å². The van der Waals surface area contributed by atoms with Gasteiger partial charge in [-0.05, 0) is 110 Å². The standard InChI is InChI=1S/C51H63FN2O8/c1-3-28-59-51-47(54(33-36-18-21-39(52)22-19-36)48(58)25-20-35-12-5-6-13-35)32-45(53-60-4-2)43-30-38(15-7-9-26-55)42(17-8-10-27-56)49(50(43)51)44-31-41(23-24-46(44)62-51)61-40-16-11-14-37(29-40)34-57/h3,11,14,16,18-19,21-24,29-31,34-35,38,42,47,49-50,55-56H,1,4-10,12-13,15,17,20,25-28,32-33H2,2H3/t38-,42+,47-,49+,50+,51+/m0/s1. The topological polar surface area (TPSA) is 127 Å². The summed E-state index contributed by atoms with van der Waals surface area (Å²) in [6.07, 6.45) is 15.4. The van der Waals surface area contributed by atoms with Crippen LogP contribution in [0.1, 0.15) is 118 Å². The molecule has 0 bridgehead atoms. The molecule has 2 saturated carbocycles. The van der Waals surface area contributed by atoms with Gasteiger partial charge in [0.2, 0.25) is 11.7 Å². The number of rotatable bonds is 22. The number of amides is 1. The largest absolute Gasteiger partial charge is 0.459 e. The summed E-state index contributed by atoms with van der Waals surface area (Å²) >= 11 is 0. The zero-order valence-corrected chi connectivity index (χ0v) is 36.1. The number of ether oxygens (including phenoxy) is 3. The van der Waals surface area contributed by atoms with Crippen LogP contribution in [-0.4, -0.2) is 71.3 Å². The van der Waals surface area contributed by atoms with E-state index in [0.29, 0.717) is 54.6 Å². The molecule has 6 atom stereocenters. The highest BCUT2D eigenvalue weighted by atomic mass is 19.1. The van der Waals surface area contributed by atoms with Crippen LogP contribution in [0.5, 0.6) is 17.2 Å². The number of aliphatic hydroxyl groups is 2. The molecule has 1 aliphatic heterocycles. The molecule has 332 valence electrons. The van der Waals surface area contributed by atoms with Crippen LogP contribution in [0.25, 0.3) is 0 Å². The summed E-state index contributed by atoms with van der Waals surface area (Å²) in [5.41, 5.74) is 3.89. The summed E-state index contributed by atoms with van der Waals surface area (Å²) in [4.78, 5) is 34.5. The van der Waals surface area contributed by atoms with Gasteiger partial charge in [-0.25, -0.2) is 4.39 Å². The summed E-state index contributed by atoms with van der Waals surface area (Å²) in [5, 5.41) is 24.7. The molecule has 0 unspecified atom stereocenters. The SMILES string of the molecule is C=CCO[C@@]12Oc3ccc(Oc4cccc(C=O)c4)cc3[C@H]3[C@H](CCCCO)[C@@H](CCCCO)C=C(C(=NOCC)C[C@@H]1N(Cc1ccc(F)cc1)C(=O)CCC1CCCC1)[C@H]32. The fraction of sp³-hybridized carbons (Fsp3) is 0.510. The Morgan fingerprint density at radius 3 is 2.47 bits per heavy atom. The van der Waals surface area contributed by atoms with Crippen molar-refractivity contribution in [1.29, 1.82) is 0 Å². The minimum atomic E-state index is -1.42. The van der Waals surface area contributed by atoms with E-state index < -0.39 is 17.7 Å². The zero-order valence-electron chi connectivity index (χ0n) is 36.1. The summed E-state index contributed by atoms with van der Waals surface area (Å²) in [5.74, 6) is -0.197. The summed E-state index contributed by atoms with van der Waals surface area (Å²) in [7, 11) is 0. The molecule has 1 amide bonds. The summed E-state index contributed by atoms with van der Waals surface area (Å²) < 4.78 is 35.3. The van der Waals surface area contributed by atoms with Gasteiger partial charge in [-0.3, -0.25) is 9.59 Å². The van der Waals surface area contributed by atoms with Crippen LogP contribution in [0.2, 0.25) is 0 Å². The number of halogens is 1. The lowest BCUT2D eigenvalue weighted by molar-refractivity contribution is -0.258. The van der Waals surface area contributed by atoms with Crippen molar-refractivity contribution in [1.82, 2.24) is 4.90 Å². The molecule has 1 heterocycles. The molecule has 7 rings (SSSR count). The maximum atomic E-state index is 15.0. The molecule has 10 nitrogen and oxygen atoms in total. The number of fused-ring (bicyclic) bond motifs is 2. The number of unbranched alkanes of at least 4 members (excludes halogenated alkanes) is 2. The molecule has 2 N–H and O–H groups in total. The molecule has 4 aliphatic rings. The van der Waals surface area contributed by atoms with E-state index in [1.54, 1.807) is 36.4 Å². The Hall–Kier alpha value is -4.84. The Morgan fingerprint density at radius 2 is 1.74 bits per heavy atom. The molecule has 3 aromatic carbocycles. The minimum absolute atomic E-state index is 0.0274. The fourth-order valence-corrected chi connectivity index (χ4v) is 10.6. The fourth-order valence-electron chi connectivity index (χ4n) is 10.6. The molecular weight excluding hydrogens is 788 g/mol. The van der Waals surface area contributed by atoms with Crippen LogP contribution in [0.4, 0.5) is 4.39 Å². The number of allylic oxidation sites excluding steroid dienone is 1. The van der Waals surface area contributed by atoms with Crippen molar-refractivity contribution in [3.05, 3.63) is 114 Å². The number of nitrogens with zero attached hydrogens (tertiary/aromatic N) is 2. The molecule has 3 aromatic rings. The first-order chi connectivity index (χ1) is 30.3. The lowest BCUT2D eigenvalue weighted by Crippen LogP contribution is -2.70. The quantitative estimate of drug-likeness (QED) is 0.0443. The second-order valence-electron chi connectivity index (χ2n) is 17.3. The van der Waals surface area contributed by atoms with E-state index in [0.717, 1.165) is 73.6 Å². The first-order valence-electron chi connectivity index (χ1n) is 22.8. The normalized spacial score (nSPS) is 24.7. The number of benzene rings is 3. The number of oxime groups is 1. The predicted octanol–water partition coefficient (Wildman–Crippen LogP) is 10.1. The Kier molecular flexibility index (Phi) is 15.7. The average molecular weight is 851 g/mol. The van der Waals surface area contributed by atoms with E-state index in [9.17, 15) is 19.4 Å². The van der Waals surface area contributed by atoms with Gasteiger partial charge in [0.15, 0.2) is 0 Å². The van der Waals surface area contributed by atoms with Gasteiger partial charge >= 0.3 is 0 Å². The second kappa shape index (κ2) is 21.5. The highest BCUT2D eigenvalue weighted by Crippen LogP contribution is 2.62. The predicted molar refractivity (Wildman–Crippen MR) is 237 cm³/mol. The van der Waals surface area contributed by atoms with E-state index in [2.05, 4.69) is 12.7 Å². The molecule has 62 heavy (non-hydrogen) atoms. The lowest BCUT2D eigenvalue weighted by Gasteiger charge is -2.60. The van der Waals surface area contributed by atoms with Crippen LogP contribution in [0.3, 0.4) is 0 Å². The maximum absolute atomic E-state index is 15.0. The van der Waals surface area contributed by atoms with Crippen LogP contribution >= 0.6 is 0 Å². The van der Waals surface area contributed by atoms with Crippen molar-refractivity contribution in [2.75, 3.05) is 26.4 Å². The number of carbonyl (C=O) groups is 2. The van der Waals surface area contributed by atoms with Gasteiger partial charge in [0.05, 0.1) is 18.2 Å². The molecule has 11 heteroatoms. The van der Waals surface area contributed by atoms with Gasteiger partial charge in [0, 0.05) is 49.6 Å². The van der Waals surface area contributed by atoms with Crippen molar-refractivity contribution in [3.63, 3.8) is 0 Å². The van der Waals surface area contributed by atoms with Crippen molar-refractivity contribution in [2.24, 2.45) is 28.8 Å². The van der Waals surface area contributed by atoms with Gasteiger partial charge in [-0.2, -0.15) is 0 Å². The molecule has 0 saturated heterocycles. The smallest absolute Gasteiger partial charge is 0.239 e. The number of aldehydes is 1. The van der Waals surface area contributed by atoms with Gasteiger partial charge in [-0.1, -0.05) is 80.1 Å². The molecule has 0 spiro atoms. The lowest BCUT2D eigenvalue weighted by atomic mass is 9.55. The van der Waals surface area contributed by atoms with Crippen molar-refractivity contribution >= 4 is 17.9 Å². The maximum Gasteiger partial charge on any atom is 0.239 e. The summed E-state index contributed by atoms with van der Waals surface area (Å²) in [6, 6.07) is 18.5. The van der Waals surface area contributed by atoms with E-state index in [1.165, 1.54) is 25.0 Å². The Labute approximate surface area is 365 Å². The van der Waals surface area contributed by atoms with E-state index in [-0.39, 0.29) is 62.3 Å². The third-order valence-electron chi connectivity index (χ3n) is 13.4. The Balaban J connectivity index is 1.43. The third-order valence-corrected chi connectivity index (χ3v) is 13.4. The second-order valence-corrected chi connectivity index (χ2v) is 17.3. The van der Waals surface area contributed by atoms with E-state index >= 15 is 4.79 Å². The molecule has 3 aliphatic carbocycles. The van der Waals surface area contributed by atoms with E-state index in [1.807, 2.05) is 36.1 Å². The first kappa shape index (κ1) is 45.2. The van der Waals surface area contributed by atoms with Gasteiger partial charge in [-0.15, -0.1) is 6.58 Å². The molecule has 0 aromatic heterocycles. The third kappa shape index (κ3) is 10.2. The highest BCUT2D eigenvalue weighted by Gasteiger charge is 2.65. The van der Waals surface area contributed by atoms with Crippen molar-refractivity contribution < 1.29 is 43.2 Å². The molecular formula is C51H63FN2O8. The highest BCUT2D eigenvalue weighted by molar-refractivity contribution is 6.03. The zero-order chi connectivity index (χ0) is 43.5. The number of hydrogen-bond donors (Lipinski definition) is 2. The number of aliphatic hydroxyl groups excluding tert-OH is 2. The van der Waals surface area contributed by atoms with Crippen molar-refractivity contribution in [3.8, 4) is 17.2 Å². The Morgan fingerprint density at radius 1 is 0.984 bits per heavy atom. The minimum Gasteiger partial charge on any atom is -0.459 e. The first-order valence-corrected chi connectivity index (χ1v) is 22.8. The molecule has 0 radical (unpaired) electrons. The average Bonchev–Trinajstić information content (AvgIpc) is 3.82. The number of carbonyl (C=O) groups excluding carboxylic acids is 2. The van der Waals surface area contributed by atoms with Gasteiger partial charge < -0.3 is 34.2 Å². The summed E-state index contributed by atoms with van der Waals surface area (Å²) in [6.45, 7) is 6.83. The van der Waals surface area contributed by atoms with Crippen molar-refractivity contribution in [2.45, 2.75) is 115 Å². The van der Waals surface area contributed by atoms with Gasteiger partial charge in [0.25, 0.3) is 0 Å². The van der Waals surface area contributed by atoms with Crippen LogP contribution in [0.15, 0.2) is 96.2 Å². The monoisotopic (exact) mass is 850 g/mol. The van der Waals surface area contributed by atoms with Crippen LogP contribution < -0.4 is 9.47 Å². The van der Waals surface area contributed by atoms with Gasteiger partial charge in [0.1, 0.15) is 42.0 Å². The Bertz CT molecular complexity index is 2050.